The minimum absolute atomic E-state index is 0.395. The number of aliphatic hydroxyl groups excluding tert-OH is 1. The van der Waals surface area contributed by atoms with Gasteiger partial charge in [0.1, 0.15) is 23.0 Å². The molecule has 2 aromatic rings. The maximum atomic E-state index is 11.3. The molecule has 3 rings (SSSR count). The quantitative estimate of drug-likeness (QED) is 0.784. The Morgan fingerprint density at radius 1 is 1.37 bits per heavy atom. The van der Waals surface area contributed by atoms with E-state index in [1.807, 2.05) is 0 Å². The summed E-state index contributed by atoms with van der Waals surface area (Å²) in [6.07, 6.45) is -0.156. The van der Waals surface area contributed by atoms with Gasteiger partial charge in [-0.25, -0.2) is 4.79 Å². The lowest BCUT2D eigenvalue weighted by atomic mass is 9.95. The predicted octanol–water partition coefficient (Wildman–Crippen LogP) is 0.840. The van der Waals surface area contributed by atoms with E-state index in [1.54, 1.807) is 18.2 Å². The van der Waals surface area contributed by atoms with Crippen LogP contribution in [0.4, 0.5) is 0 Å². The van der Waals surface area contributed by atoms with Gasteiger partial charge in [0.2, 0.25) is 0 Å². The van der Waals surface area contributed by atoms with Crippen molar-refractivity contribution in [3.05, 3.63) is 40.2 Å². The van der Waals surface area contributed by atoms with Gasteiger partial charge in [-0.2, -0.15) is 0 Å². The van der Waals surface area contributed by atoms with Gasteiger partial charge in [0.15, 0.2) is 0 Å². The van der Waals surface area contributed by atoms with Crippen LogP contribution in [-0.4, -0.2) is 28.5 Å². The van der Waals surface area contributed by atoms with E-state index in [9.17, 15) is 15.0 Å². The van der Waals surface area contributed by atoms with Crippen LogP contribution in [0.5, 0.6) is 5.75 Å². The molecule has 1 aromatic heterocycles. The predicted molar refractivity (Wildman–Crippen MR) is 68.3 cm³/mol. The summed E-state index contributed by atoms with van der Waals surface area (Å²) in [6, 6.07) is 6.64. The van der Waals surface area contributed by atoms with Crippen molar-refractivity contribution in [1.29, 1.82) is 0 Å². The van der Waals surface area contributed by atoms with Crippen molar-refractivity contribution in [3.63, 3.8) is 0 Å². The van der Waals surface area contributed by atoms with Gasteiger partial charge in [-0.15, -0.1) is 0 Å². The van der Waals surface area contributed by atoms with E-state index in [0.717, 1.165) is 10.9 Å². The first-order valence-corrected chi connectivity index (χ1v) is 6.07. The molecule has 1 aliphatic rings. The molecule has 1 aromatic carbocycles. The van der Waals surface area contributed by atoms with Crippen LogP contribution in [0.3, 0.4) is 0 Å². The Labute approximate surface area is 109 Å². The summed E-state index contributed by atoms with van der Waals surface area (Å²) in [4.78, 5) is 11.3. The summed E-state index contributed by atoms with van der Waals surface area (Å²) in [5.41, 5.74) is -0.506. The molecule has 0 fully saturated rings. The van der Waals surface area contributed by atoms with Gasteiger partial charge in [-0.1, -0.05) is 0 Å². The molecule has 1 aliphatic heterocycles. The average molecular weight is 262 g/mol. The van der Waals surface area contributed by atoms with E-state index in [2.05, 4.69) is 0 Å². The highest BCUT2D eigenvalue weighted by molar-refractivity contribution is 5.82. The second kappa shape index (κ2) is 4.08. The monoisotopic (exact) mass is 262 g/mol. The van der Waals surface area contributed by atoms with Crippen LogP contribution in [0.2, 0.25) is 0 Å². The summed E-state index contributed by atoms with van der Waals surface area (Å²) in [7, 11) is 0. The first-order valence-electron chi connectivity index (χ1n) is 6.07. The lowest BCUT2D eigenvalue weighted by Crippen LogP contribution is -2.45. The second-order valence-corrected chi connectivity index (χ2v) is 5.04. The highest BCUT2D eigenvalue weighted by atomic mass is 16.5. The molecule has 0 bridgehead atoms. The van der Waals surface area contributed by atoms with Gasteiger partial charge in [0, 0.05) is 23.4 Å². The van der Waals surface area contributed by atoms with Crippen LogP contribution in [0.25, 0.3) is 11.0 Å². The Balaban J connectivity index is 2.10. The summed E-state index contributed by atoms with van der Waals surface area (Å²) in [5.74, 6) is 0.584. The highest BCUT2D eigenvalue weighted by Gasteiger charge is 2.39. The van der Waals surface area contributed by atoms with Crippen molar-refractivity contribution in [2.24, 2.45) is 0 Å². The van der Waals surface area contributed by atoms with Gasteiger partial charge in [0.25, 0.3) is 0 Å². The van der Waals surface area contributed by atoms with Crippen molar-refractivity contribution in [2.45, 2.75) is 25.0 Å². The molecule has 0 spiro atoms. The molecule has 5 heteroatoms. The number of aliphatic hydroxyl groups is 2. The number of hydrogen-bond acceptors (Lipinski definition) is 5. The Morgan fingerprint density at radius 2 is 2.11 bits per heavy atom. The maximum absolute atomic E-state index is 11.3. The fourth-order valence-corrected chi connectivity index (χ4v) is 2.30. The maximum Gasteiger partial charge on any atom is 0.336 e. The van der Waals surface area contributed by atoms with Crippen LogP contribution >= 0.6 is 0 Å². The highest BCUT2D eigenvalue weighted by Crippen LogP contribution is 2.37. The molecule has 2 atom stereocenters. The number of hydrogen-bond donors (Lipinski definition) is 2. The Morgan fingerprint density at radius 3 is 2.84 bits per heavy atom. The molecular formula is C14H14O5. The summed E-state index contributed by atoms with van der Waals surface area (Å²) < 4.78 is 10.9. The summed E-state index contributed by atoms with van der Waals surface area (Å²) in [5, 5.41) is 20.1. The standard InChI is InChI=1S/C14H14O5/c1-14(17,7-15)11-6-9-10(18-11)4-2-8-3-5-12(16)19-13(8)9/h2-5,11,15,17H,6-7H2,1H3/t11-,14+/m0/s1. The molecular weight excluding hydrogens is 248 g/mol. The number of benzene rings is 1. The summed E-state index contributed by atoms with van der Waals surface area (Å²) >= 11 is 0. The number of ether oxygens (including phenoxy) is 1. The molecule has 100 valence electrons. The summed E-state index contributed by atoms with van der Waals surface area (Å²) in [6.45, 7) is 1.12. The van der Waals surface area contributed by atoms with Crippen molar-refractivity contribution in [3.8, 4) is 5.75 Å². The fourth-order valence-electron chi connectivity index (χ4n) is 2.30. The zero-order valence-corrected chi connectivity index (χ0v) is 10.4. The van der Waals surface area contributed by atoms with Crippen molar-refractivity contribution in [2.75, 3.05) is 6.61 Å². The second-order valence-electron chi connectivity index (χ2n) is 5.04. The molecule has 2 N–H and O–H groups in total. The van der Waals surface area contributed by atoms with Gasteiger partial charge in [-0.3, -0.25) is 0 Å². The van der Waals surface area contributed by atoms with Gasteiger partial charge < -0.3 is 19.4 Å². The van der Waals surface area contributed by atoms with Gasteiger partial charge in [-0.05, 0) is 25.1 Å². The van der Waals surface area contributed by atoms with Crippen molar-refractivity contribution < 1.29 is 19.4 Å². The van der Waals surface area contributed by atoms with Crippen molar-refractivity contribution >= 4 is 11.0 Å². The molecule has 5 nitrogen and oxygen atoms in total. The molecule has 0 amide bonds. The first-order chi connectivity index (χ1) is 9.01. The fraction of sp³-hybridized carbons (Fsp3) is 0.357. The molecule has 0 saturated carbocycles. The third-order valence-corrected chi connectivity index (χ3v) is 3.52. The molecule has 0 saturated heterocycles. The Hall–Kier alpha value is -1.85. The van der Waals surface area contributed by atoms with Crippen LogP contribution in [-0.2, 0) is 6.42 Å². The molecule has 0 unspecified atom stereocenters. The number of rotatable bonds is 2. The topological polar surface area (TPSA) is 79.9 Å². The van der Waals surface area contributed by atoms with Crippen molar-refractivity contribution in [1.82, 2.24) is 0 Å². The molecule has 0 radical (unpaired) electrons. The molecule has 2 heterocycles. The third kappa shape index (κ3) is 1.91. The Kier molecular flexibility index (Phi) is 2.62. The van der Waals surface area contributed by atoms with Crippen LogP contribution < -0.4 is 10.4 Å². The van der Waals surface area contributed by atoms with Crippen LogP contribution in [0.15, 0.2) is 33.5 Å². The van der Waals surface area contributed by atoms with Crippen LogP contribution in [0, 0.1) is 0 Å². The minimum Gasteiger partial charge on any atom is -0.487 e. The lowest BCUT2D eigenvalue weighted by Gasteiger charge is -2.26. The van der Waals surface area contributed by atoms with E-state index in [-0.39, 0.29) is 0 Å². The van der Waals surface area contributed by atoms with E-state index < -0.39 is 23.9 Å². The van der Waals surface area contributed by atoms with E-state index >= 15 is 0 Å². The molecule has 0 aliphatic carbocycles. The van der Waals surface area contributed by atoms with Gasteiger partial charge in [0.05, 0.1) is 6.61 Å². The van der Waals surface area contributed by atoms with Gasteiger partial charge >= 0.3 is 5.63 Å². The van der Waals surface area contributed by atoms with E-state index in [1.165, 1.54) is 13.0 Å². The minimum atomic E-state index is -1.33. The average Bonchev–Trinajstić information content (AvgIpc) is 2.83. The largest absolute Gasteiger partial charge is 0.487 e. The molecule has 19 heavy (non-hydrogen) atoms. The Bertz CT molecular complexity index is 686. The van der Waals surface area contributed by atoms with Crippen LogP contribution in [0.1, 0.15) is 12.5 Å². The number of fused-ring (bicyclic) bond motifs is 3. The normalized spacial score (nSPS) is 20.9. The zero-order valence-electron chi connectivity index (χ0n) is 10.4. The lowest BCUT2D eigenvalue weighted by molar-refractivity contribution is -0.0729. The van der Waals surface area contributed by atoms with E-state index in [4.69, 9.17) is 9.15 Å². The third-order valence-electron chi connectivity index (χ3n) is 3.52. The van der Waals surface area contributed by atoms with E-state index in [0.29, 0.717) is 17.8 Å². The zero-order chi connectivity index (χ0) is 13.6. The smallest absolute Gasteiger partial charge is 0.336 e. The SMILES string of the molecule is C[C@@](O)(CO)[C@@H]1Cc2c(ccc3ccc(=O)oc23)O1. The first kappa shape index (κ1) is 12.2.